The van der Waals surface area contributed by atoms with E-state index < -0.39 is 17.8 Å². The fourth-order valence-electron chi connectivity index (χ4n) is 3.39. The van der Waals surface area contributed by atoms with E-state index in [9.17, 15) is 14.3 Å². The molecule has 1 atom stereocenters. The van der Waals surface area contributed by atoms with Crippen molar-refractivity contribution in [3.05, 3.63) is 113 Å². The van der Waals surface area contributed by atoms with Gasteiger partial charge in [-0.3, -0.25) is 4.79 Å². The summed E-state index contributed by atoms with van der Waals surface area (Å²) in [6, 6.07) is 23.4. The second-order valence-corrected chi connectivity index (χ2v) is 7.25. The van der Waals surface area contributed by atoms with Crippen molar-refractivity contribution in [2.45, 2.75) is 13.0 Å². The molecule has 0 spiro atoms. The number of benzene rings is 3. The molecule has 7 heteroatoms. The van der Waals surface area contributed by atoms with Crippen LogP contribution in [-0.4, -0.2) is 20.8 Å². The topological polar surface area (TPSA) is 90.9 Å². The number of nitrogens with zero attached hydrogens (tertiary/aromatic N) is 3. The van der Waals surface area contributed by atoms with Crippen LogP contribution in [0.25, 0.3) is 5.69 Å². The number of amides is 1. The van der Waals surface area contributed by atoms with Crippen molar-refractivity contribution in [2.75, 3.05) is 5.32 Å². The van der Waals surface area contributed by atoms with Gasteiger partial charge < -0.3 is 10.4 Å². The maximum Gasteiger partial charge on any atom is 0.274 e. The summed E-state index contributed by atoms with van der Waals surface area (Å²) in [5.74, 6) is -1.20. The monoisotopic (exact) mass is 426 g/mol. The molecule has 0 saturated carbocycles. The van der Waals surface area contributed by atoms with Crippen LogP contribution in [0, 0.1) is 24.1 Å². The van der Waals surface area contributed by atoms with Crippen LogP contribution < -0.4 is 5.32 Å². The predicted molar refractivity (Wildman–Crippen MR) is 118 cm³/mol. The van der Waals surface area contributed by atoms with E-state index >= 15 is 0 Å². The van der Waals surface area contributed by atoms with Gasteiger partial charge in [0.05, 0.1) is 28.7 Å². The number of aromatic nitrogens is 2. The van der Waals surface area contributed by atoms with Crippen molar-refractivity contribution in [2.24, 2.45) is 0 Å². The number of nitriles is 1. The number of carbonyl (C=O) groups excluding carboxylic acids is 1. The predicted octanol–water partition coefficient (Wildman–Crippen LogP) is 4.53. The minimum atomic E-state index is -0.964. The standard InChI is InChI=1S/C25H19FN4O2/c1-16-12-23(30(29-16)20-9-5-6-17(13-20)15-27)25(32)28-22-14-19(10-11-21(22)26)24(31)18-7-3-2-4-8-18/h2-14,24,31H,1H3,(H,28,32). The zero-order valence-electron chi connectivity index (χ0n) is 17.2. The van der Waals surface area contributed by atoms with E-state index in [1.165, 1.54) is 22.9 Å². The van der Waals surface area contributed by atoms with Gasteiger partial charge in [-0.05, 0) is 54.4 Å². The molecule has 0 radical (unpaired) electrons. The van der Waals surface area contributed by atoms with Gasteiger partial charge in [0.15, 0.2) is 0 Å². The van der Waals surface area contributed by atoms with Gasteiger partial charge in [-0.2, -0.15) is 10.4 Å². The van der Waals surface area contributed by atoms with Crippen LogP contribution in [0.1, 0.15) is 39.0 Å². The SMILES string of the molecule is Cc1cc(C(=O)Nc2cc(C(O)c3ccccc3)ccc2F)n(-c2cccc(C#N)c2)n1. The van der Waals surface area contributed by atoms with Crippen molar-refractivity contribution in [1.29, 1.82) is 5.26 Å². The molecule has 1 unspecified atom stereocenters. The van der Waals surface area contributed by atoms with E-state index in [-0.39, 0.29) is 11.4 Å². The average Bonchev–Trinajstić information content (AvgIpc) is 3.22. The highest BCUT2D eigenvalue weighted by atomic mass is 19.1. The van der Waals surface area contributed by atoms with Gasteiger partial charge in [0.25, 0.3) is 5.91 Å². The maximum atomic E-state index is 14.5. The Kier molecular flexibility index (Phi) is 5.79. The first-order valence-corrected chi connectivity index (χ1v) is 9.87. The smallest absolute Gasteiger partial charge is 0.274 e. The molecular formula is C25H19FN4O2. The van der Waals surface area contributed by atoms with Crippen LogP contribution in [0.4, 0.5) is 10.1 Å². The molecule has 0 fully saturated rings. The second-order valence-electron chi connectivity index (χ2n) is 7.25. The summed E-state index contributed by atoms with van der Waals surface area (Å²) in [6.07, 6.45) is -0.964. The van der Waals surface area contributed by atoms with E-state index in [2.05, 4.69) is 16.5 Å². The van der Waals surface area contributed by atoms with E-state index in [0.717, 1.165) is 0 Å². The number of nitrogens with one attached hydrogen (secondary N) is 1. The summed E-state index contributed by atoms with van der Waals surface area (Å²) >= 11 is 0. The normalized spacial score (nSPS) is 11.6. The van der Waals surface area contributed by atoms with Gasteiger partial charge >= 0.3 is 0 Å². The van der Waals surface area contributed by atoms with Crippen LogP contribution in [0.3, 0.4) is 0 Å². The van der Waals surface area contributed by atoms with E-state index in [4.69, 9.17) is 5.26 Å². The first-order chi connectivity index (χ1) is 15.5. The van der Waals surface area contributed by atoms with Gasteiger partial charge in [-0.15, -0.1) is 0 Å². The highest BCUT2D eigenvalue weighted by Crippen LogP contribution is 2.26. The molecule has 0 saturated heterocycles. The summed E-state index contributed by atoms with van der Waals surface area (Å²) in [4.78, 5) is 13.0. The Bertz CT molecular complexity index is 1330. The maximum absolute atomic E-state index is 14.5. The molecule has 6 nitrogen and oxygen atoms in total. The number of carbonyl (C=O) groups is 1. The van der Waals surface area contributed by atoms with Crippen LogP contribution >= 0.6 is 0 Å². The molecule has 3 aromatic carbocycles. The molecular weight excluding hydrogens is 407 g/mol. The van der Waals surface area contributed by atoms with Gasteiger partial charge in [-0.1, -0.05) is 42.5 Å². The highest BCUT2D eigenvalue weighted by molar-refractivity contribution is 6.03. The Hall–Kier alpha value is -4.28. The largest absolute Gasteiger partial charge is 0.384 e. The number of hydrogen-bond acceptors (Lipinski definition) is 4. The summed E-state index contributed by atoms with van der Waals surface area (Å²) in [5, 5.41) is 26.7. The van der Waals surface area contributed by atoms with Crippen molar-refractivity contribution in [1.82, 2.24) is 9.78 Å². The number of anilines is 1. The van der Waals surface area contributed by atoms with Crippen LogP contribution in [0.2, 0.25) is 0 Å². The molecule has 1 aromatic heterocycles. The lowest BCUT2D eigenvalue weighted by Crippen LogP contribution is -2.18. The summed E-state index contributed by atoms with van der Waals surface area (Å²) in [6.45, 7) is 1.73. The molecule has 1 heterocycles. The zero-order chi connectivity index (χ0) is 22.7. The number of hydrogen-bond donors (Lipinski definition) is 2. The van der Waals surface area contributed by atoms with Gasteiger partial charge in [0.2, 0.25) is 0 Å². The summed E-state index contributed by atoms with van der Waals surface area (Å²) in [7, 11) is 0. The lowest BCUT2D eigenvalue weighted by Gasteiger charge is -2.14. The van der Waals surface area contributed by atoms with Crippen molar-refractivity contribution in [3.63, 3.8) is 0 Å². The Morgan fingerprint density at radius 1 is 1.06 bits per heavy atom. The number of aliphatic hydroxyl groups is 1. The Labute approximate surface area is 184 Å². The molecule has 0 aliphatic rings. The molecule has 2 N–H and O–H groups in total. The average molecular weight is 426 g/mol. The molecule has 0 aliphatic carbocycles. The quantitative estimate of drug-likeness (QED) is 0.491. The zero-order valence-corrected chi connectivity index (χ0v) is 17.2. The molecule has 158 valence electrons. The third kappa shape index (κ3) is 4.26. The summed E-state index contributed by atoms with van der Waals surface area (Å²) in [5.41, 5.74) is 2.78. The lowest BCUT2D eigenvalue weighted by molar-refractivity contribution is 0.101. The van der Waals surface area contributed by atoms with E-state index in [1.54, 1.807) is 61.5 Å². The number of halogens is 1. The molecule has 4 aromatic rings. The van der Waals surface area contributed by atoms with Gasteiger partial charge in [0, 0.05) is 0 Å². The van der Waals surface area contributed by atoms with Crippen molar-refractivity contribution < 1.29 is 14.3 Å². The number of rotatable bonds is 5. The Morgan fingerprint density at radius 2 is 1.84 bits per heavy atom. The fourth-order valence-corrected chi connectivity index (χ4v) is 3.39. The minimum Gasteiger partial charge on any atom is -0.384 e. The molecule has 1 amide bonds. The molecule has 32 heavy (non-hydrogen) atoms. The van der Waals surface area contributed by atoms with Crippen molar-refractivity contribution >= 4 is 11.6 Å². The Balaban J connectivity index is 1.65. The molecule has 4 rings (SSSR count). The van der Waals surface area contributed by atoms with Crippen LogP contribution in [-0.2, 0) is 0 Å². The van der Waals surface area contributed by atoms with Crippen LogP contribution in [0.15, 0.2) is 78.9 Å². The fraction of sp³-hybridized carbons (Fsp3) is 0.0800. The first-order valence-electron chi connectivity index (χ1n) is 9.87. The third-order valence-corrected chi connectivity index (χ3v) is 4.95. The first kappa shape index (κ1) is 21.0. The molecule has 0 aliphatic heterocycles. The Morgan fingerprint density at radius 3 is 2.59 bits per heavy atom. The highest BCUT2D eigenvalue weighted by Gasteiger charge is 2.19. The summed E-state index contributed by atoms with van der Waals surface area (Å²) < 4.78 is 15.9. The third-order valence-electron chi connectivity index (χ3n) is 4.95. The minimum absolute atomic E-state index is 0.0568. The van der Waals surface area contributed by atoms with Gasteiger partial charge in [-0.25, -0.2) is 9.07 Å². The van der Waals surface area contributed by atoms with Crippen molar-refractivity contribution in [3.8, 4) is 11.8 Å². The van der Waals surface area contributed by atoms with Crippen LogP contribution in [0.5, 0.6) is 0 Å². The van der Waals surface area contributed by atoms with E-state index in [1.807, 2.05) is 6.07 Å². The number of aryl methyl sites for hydroxylation is 1. The number of aliphatic hydroxyl groups excluding tert-OH is 1. The van der Waals surface area contributed by atoms with E-state index in [0.29, 0.717) is 28.1 Å². The van der Waals surface area contributed by atoms with Gasteiger partial charge in [0.1, 0.15) is 17.6 Å². The molecule has 0 bridgehead atoms. The lowest BCUT2D eigenvalue weighted by atomic mass is 10.0. The second kappa shape index (κ2) is 8.84.